The number of para-hydroxylation sites is 2. The minimum absolute atomic E-state index is 0.0887. The number of nitrogens with zero attached hydrogens (tertiary/aromatic N) is 3. The highest BCUT2D eigenvalue weighted by Gasteiger charge is 2.38. The molecule has 0 N–H and O–H groups in total. The predicted octanol–water partition coefficient (Wildman–Crippen LogP) is 1.70. The summed E-state index contributed by atoms with van der Waals surface area (Å²) in [5.41, 5.74) is 0.650. The van der Waals surface area contributed by atoms with Crippen LogP contribution >= 0.6 is 0 Å². The van der Waals surface area contributed by atoms with E-state index in [1.54, 1.807) is 35.9 Å². The molecule has 0 aromatic heterocycles. The summed E-state index contributed by atoms with van der Waals surface area (Å²) in [6.07, 6.45) is 1.51. The molecule has 3 amide bonds. The number of amides is 3. The van der Waals surface area contributed by atoms with Crippen LogP contribution in [0.2, 0.25) is 0 Å². The van der Waals surface area contributed by atoms with E-state index >= 15 is 0 Å². The average Bonchev–Trinajstić information content (AvgIpc) is 3.20. The van der Waals surface area contributed by atoms with E-state index < -0.39 is 5.92 Å². The molecule has 180 valence electrons. The zero-order valence-electron chi connectivity index (χ0n) is 19.6. The number of hydrogen-bond donors (Lipinski definition) is 0. The lowest BCUT2D eigenvalue weighted by Gasteiger charge is -2.33. The van der Waals surface area contributed by atoms with E-state index in [0.717, 1.165) is 6.42 Å². The number of ether oxygens (including phenoxy) is 2. The van der Waals surface area contributed by atoms with Crippen LogP contribution in [0, 0.1) is 11.8 Å². The van der Waals surface area contributed by atoms with Crippen molar-refractivity contribution in [3.63, 3.8) is 0 Å². The average molecular weight is 460 g/mol. The van der Waals surface area contributed by atoms with Crippen LogP contribution in [0.5, 0.6) is 5.75 Å². The third-order valence-corrected chi connectivity index (χ3v) is 6.07. The van der Waals surface area contributed by atoms with E-state index in [1.807, 2.05) is 19.1 Å². The summed E-state index contributed by atoms with van der Waals surface area (Å²) < 4.78 is 10.7. The molecule has 2 fully saturated rings. The molecule has 2 aliphatic rings. The lowest BCUT2D eigenvalue weighted by Crippen LogP contribution is -2.48. The molecule has 0 saturated carbocycles. The maximum Gasteiger partial charge on any atom is 0.310 e. The van der Waals surface area contributed by atoms with Crippen molar-refractivity contribution in [2.45, 2.75) is 33.1 Å². The molecule has 3 rings (SSSR count). The Kier molecular flexibility index (Phi) is 8.30. The molecule has 2 atom stereocenters. The Labute approximate surface area is 194 Å². The number of hydrogen-bond acceptors (Lipinski definition) is 6. The van der Waals surface area contributed by atoms with Gasteiger partial charge in [0.2, 0.25) is 17.7 Å². The van der Waals surface area contributed by atoms with Crippen molar-refractivity contribution in [1.82, 2.24) is 9.80 Å². The summed E-state index contributed by atoms with van der Waals surface area (Å²) in [4.78, 5) is 55.1. The van der Waals surface area contributed by atoms with Crippen molar-refractivity contribution in [2.24, 2.45) is 11.8 Å². The summed E-state index contributed by atoms with van der Waals surface area (Å²) in [6, 6.07) is 7.27. The first-order chi connectivity index (χ1) is 15.8. The van der Waals surface area contributed by atoms with Crippen molar-refractivity contribution in [3.8, 4) is 5.75 Å². The topological polar surface area (TPSA) is 96.5 Å². The highest BCUT2D eigenvalue weighted by molar-refractivity contribution is 6.01. The predicted molar refractivity (Wildman–Crippen MR) is 122 cm³/mol. The standard InChI is InChI=1S/C24H33N3O6/c1-4-32-20-11-7-6-10-19(20)27-15-18(13-21(27)28)23(30)25(3)16-22(29)26-12-8-9-17(14-26)24(31)33-5-2/h6-7,10-11,17-18H,4-5,8-9,12-16H2,1-3H3. The van der Waals surface area contributed by atoms with Crippen molar-refractivity contribution in [2.75, 3.05) is 51.3 Å². The van der Waals surface area contributed by atoms with E-state index in [0.29, 0.717) is 44.2 Å². The Hall–Kier alpha value is -3.10. The van der Waals surface area contributed by atoms with E-state index in [9.17, 15) is 19.2 Å². The molecule has 0 spiro atoms. The fraction of sp³-hybridized carbons (Fsp3) is 0.583. The third kappa shape index (κ3) is 5.83. The molecule has 2 unspecified atom stereocenters. The van der Waals surface area contributed by atoms with E-state index in [2.05, 4.69) is 0 Å². The zero-order valence-corrected chi connectivity index (χ0v) is 19.6. The Morgan fingerprint density at radius 2 is 1.85 bits per heavy atom. The van der Waals surface area contributed by atoms with E-state index in [4.69, 9.17) is 9.47 Å². The van der Waals surface area contributed by atoms with Crippen molar-refractivity contribution in [3.05, 3.63) is 24.3 Å². The summed E-state index contributed by atoms with van der Waals surface area (Å²) in [7, 11) is 1.58. The van der Waals surface area contributed by atoms with Gasteiger partial charge in [-0.3, -0.25) is 19.2 Å². The second kappa shape index (κ2) is 11.2. The number of carbonyl (C=O) groups excluding carboxylic acids is 4. The molecule has 0 bridgehead atoms. The van der Waals surface area contributed by atoms with Crippen LogP contribution in [0.3, 0.4) is 0 Å². The second-order valence-corrected chi connectivity index (χ2v) is 8.43. The van der Waals surface area contributed by atoms with Crippen LogP contribution in [-0.2, 0) is 23.9 Å². The van der Waals surface area contributed by atoms with Gasteiger partial charge in [0.05, 0.1) is 37.3 Å². The largest absolute Gasteiger partial charge is 0.492 e. The van der Waals surface area contributed by atoms with Crippen molar-refractivity contribution >= 4 is 29.4 Å². The molecule has 0 radical (unpaired) electrons. The molecule has 33 heavy (non-hydrogen) atoms. The SMILES string of the molecule is CCOC(=O)C1CCCN(C(=O)CN(C)C(=O)C2CC(=O)N(c3ccccc3OCC)C2)C1. The van der Waals surface area contributed by atoms with Gasteiger partial charge in [-0.1, -0.05) is 12.1 Å². The fourth-order valence-electron chi connectivity index (χ4n) is 4.41. The number of likely N-dealkylation sites (tertiary alicyclic amines) is 1. The van der Waals surface area contributed by atoms with Gasteiger partial charge in [-0.05, 0) is 38.8 Å². The number of benzene rings is 1. The highest BCUT2D eigenvalue weighted by atomic mass is 16.5. The molecule has 9 nitrogen and oxygen atoms in total. The molecule has 2 heterocycles. The third-order valence-electron chi connectivity index (χ3n) is 6.07. The van der Waals surface area contributed by atoms with Crippen LogP contribution in [0.15, 0.2) is 24.3 Å². The van der Waals surface area contributed by atoms with Crippen LogP contribution in [0.4, 0.5) is 5.69 Å². The lowest BCUT2D eigenvalue weighted by molar-refractivity contribution is -0.152. The van der Waals surface area contributed by atoms with Gasteiger partial charge >= 0.3 is 5.97 Å². The van der Waals surface area contributed by atoms with Crippen LogP contribution in [-0.4, -0.2) is 79.9 Å². The lowest BCUT2D eigenvalue weighted by atomic mass is 9.98. The molecule has 2 aliphatic heterocycles. The van der Waals surface area contributed by atoms with Crippen LogP contribution < -0.4 is 9.64 Å². The summed E-state index contributed by atoms with van der Waals surface area (Å²) >= 11 is 0. The van der Waals surface area contributed by atoms with Crippen molar-refractivity contribution < 1.29 is 28.7 Å². The van der Waals surface area contributed by atoms with Gasteiger partial charge in [0.15, 0.2) is 0 Å². The first-order valence-corrected chi connectivity index (χ1v) is 11.6. The fourth-order valence-corrected chi connectivity index (χ4v) is 4.41. The number of esters is 1. The van der Waals surface area contributed by atoms with Gasteiger partial charge in [0, 0.05) is 33.1 Å². The Morgan fingerprint density at radius 3 is 2.58 bits per heavy atom. The summed E-state index contributed by atoms with van der Waals surface area (Å²) in [6.45, 7) is 5.44. The van der Waals surface area contributed by atoms with Crippen LogP contribution in [0.25, 0.3) is 0 Å². The van der Waals surface area contributed by atoms with Gasteiger partial charge in [0.25, 0.3) is 0 Å². The number of piperidine rings is 1. The van der Waals surface area contributed by atoms with Crippen molar-refractivity contribution in [1.29, 1.82) is 0 Å². The highest BCUT2D eigenvalue weighted by Crippen LogP contribution is 2.33. The normalized spacial score (nSPS) is 20.5. The number of likely N-dealkylation sites (N-methyl/N-ethyl adjacent to an activating group) is 1. The van der Waals surface area contributed by atoms with Gasteiger partial charge in [-0.15, -0.1) is 0 Å². The Balaban J connectivity index is 1.58. The second-order valence-electron chi connectivity index (χ2n) is 8.43. The minimum Gasteiger partial charge on any atom is -0.492 e. The van der Waals surface area contributed by atoms with Gasteiger partial charge in [0.1, 0.15) is 5.75 Å². The molecule has 9 heteroatoms. The monoisotopic (exact) mass is 459 g/mol. The Bertz CT molecular complexity index is 889. The van der Waals surface area contributed by atoms with Gasteiger partial charge < -0.3 is 24.2 Å². The van der Waals surface area contributed by atoms with Gasteiger partial charge in [-0.25, -0.2) is 0 Å². The summed E-state index contributed by atoms with van der Waals surface area (Å²) in [5, 5.41) is 0. The number of carbonyl (C=O) groups is 4. The number of rotatable bonds is 8. The molecule has 1 aromatic carbocycles. The zero-order chi connectivity index (χ0) is 24.0. The van der Waals surface area contributed by atoms with E-state index in [-0.39, 0.29) is 49.1 Å². The summed E-state index contributed by atoms with van der Waals surface area (Å²) in [5.74, 6) is -1.13. The van der Waals surface area contributed by atoms with Crippen LogP contribution in [0.1, 0.15) is 33.1 Å². The Morgan fingerprint density at radius 1 is 1.09 bits per heavy atom. The maximum absolute atomic E-state index is 13.0. The van der Waals surface area contributed by atoms with Gasteiger partial charge in [-0.2, -0.15) is 0 Å². The molecule has 0 aliphatic carbocycles. The quantitative estimate of drug-likeness (QED) is 0.549. The van der Waals surface area contributed by atoms with E-state index in [1.165, 1.54) is 4.90 Å². The minimum atomic E-state index is -0.529. The molecular formula is C24H33N3O6. The number of anilines is 1. The molecular weight excluding hydrogens is 426 g/mol. The molecule has 2 saturated heterocycles. The first-order valence-electron chi connectivity index (χ1n) is 11.6. The molecule has 1 aromatic rings. The smallest absolute Gasteiger partial charge is 0.310 e. The first kappa shape index (κ1) is 24.5. The maximum atomic E-state index is 13.0.